The van der Waals surface area contributed by atoms with E-state index in [-0.39, 0.29) is 11.9 Å². The minimum atomic E-state index is -5.08. The van der Waals surface area contributed by atoms with Crippen molar-refractivity contribution in [2.75, 3.05) is 6.54 Å². The van der Waals surface area contributed by atoms with Crippen molar-refractivity contribution in [1.82, 2.24) is 9.88 Å². The van der Waals surface area contributed by atoms with Gasteiger partial charge >= 0.3 is 12.1 Å². The molecule has 130 valence electrons. The number of nitrogens with two attached hydrogens (primary N) is 1. The SMILES string of the molecule is N[C@H]1CCN(Cc2cc3cnccc3s2)C1=O.O=C(O)C(F)(F)F. The number of nitrogens with zero attached hydrogens (tertiary/aromatic N) is 2. The van der Waals surface area contributed by atoms with E-state index in [1.54, 1.807) is 17.5 Å². The summed E-state index contributed by atoms with van der Waals surface area (Å²) in [6, 6.07) is 3.80. The number of carboxylic acids is 1. The van der Waals surface area contributed by atoms with Gasteiger partial charge in [0.25, 0.3) is 0 Å². The van der Waals surface area contributed by atoms with Crippen molar-refractivity contribution in [2.45, 2.75) is 25.2 Å². The lowest BCUT2D eigenvalue weighted by Gasteiger charge is -2.14. The molecule has 0 aliphatic carbocycles. The quantitative estimate of drug-likeness (QED) is 0.853. The minimum Gasteiger partial charge on any atom is -0.475 e. The Hall–Kier alpha value is -2.20. The standard InChI is InChI=1S/C12H13N3OS.C2HF3O2/c13-10-2-4-15(12(10)16)7-9-5-8-6-14-3-1-11(8)17-9;3-2(4,5)1(6)7/h1,3,5-6,10H,2,4,7,13H2;(H,6,7)/t10-;/m0./s1. The topological polar surface area (TPSA) is 96.5 Å². The molecular formula is C14H14F3N3O3S. The summed E-state index contributed by atoms with van der Waals surface area (Å²) >= 11 is 1.71. The number of hydrogen-bond acceptors (Lipinski definition) is 5. The number of rotatable bonds is 2. The van der Waals surface area contributed by atoms with Gasteiger partial charge in [-0.3, -0.25) is 9.78 Å². The molecule has 0 bridgehead atoms. The van der Waals surface area contributed by atoms with Gasteiger partial charge in [0.15, 0.2) is 0 Å². The maximum absolute atomic E-state index is 11.7. The van der Waals surface area contributed by atoms with Gasteiger partial charge in [-0.15, -0.1) is 11.3 Å². The molecule has 0 saturated carbocycles. The lowest BCUT2D eigenvalue weighted by atomic mass is 10.3. The van der Waals surface area contributed by atoms with Crippen LogP contribution in [0.5, 0.6) is 0 Å². The lowest BCUT2D eigenvalue weighted by Crippen LogP contribution is -2.33. The van der Waals surface area contributed by atoms with Crippen LogP contribution in [0.1, 0.15) is 11.3 Å². The molecule has 0 radical (unpaired) electrons. The number of aromatic nitrogens is 1. The maximum Gasteiger partial charge on any atom is 0.490 e. The van der Waals surface area contributed by atoms with Crippen LogP contribution in [0.4, 0.5) is 13.2 Å². The Balaban J connectivity index is 0.000000256. The summed E-state index contributed by atoms with van der Waals surface area (Å²) in [6.45, 7) is 1.44. The van der Waals surface area contributed by atoms with Crippen LogP contribution >= 0.6 is 11.3 Å². The summed E-state index contributed by atoms with van der Waals surface area (Å²) in [6.07, 6.45) is -0.669. The van der Waals surface area contributed by atoms with E-state index >= 15 is 0 Å². The third-order valence-corrected chi connectivity index (χ3v) is 4.40. The highest BCUT2D eigenvalue weighted by molar-refractivity contribution is 7.19. The van der Waals surface area contributed by atoms with E-state index < -0.39 is 12.1 Å². The zero-order valence-electron chi connectivity index (χ0n) is 12.3. The number of thiophene rings is 1. The average molecular weight is 361 g/mol. The summed E-state index contributed by atoms with van der Waals surface area (Å²) in [5.74, 6) is -2.69. The van der Waals surface area contributed by atoms with Gasteiger partial charge in [0.2, 0.25) is 5.91 Å². The molecule has 1 atom stereocenters. The first-order valence-corrected chi connectivity index (χ1v) is 7.67. The summed E-state index contributed by atoms with van der Waals surface area (Å²) in [5.41, 5.74) is 5.70. The third-order valence-electron chi connectivity index (χ3n) is 3.30. The number of halogens is 3. The first kappa shape index (κ1) is 18.1. The van der Waals surface area contributed by atoms with E-state index in [2.05, 4.69) is 11.1 Å². The number of pyridine rings is 1. The van der Waals surface area contributed by atoms with Crippen molar-refractivity contribution >= 4 is 33.3 Å². The van der Waals surface area contributed by atoms with Crippen LogP contribution < -0.4 is 5.73 Å². The highest BCUT2D eigenvalue weighted by Gasteiger charge is 2.38. The van der Waals surface area contributed by atoms with Gasteiger partial charge < -0.3 is 15.7 Å². The molecule has 2 aromatic heterocycles. The molecule has 0 unspecified atom stereocenters. The van der Waals surface area contributed by atoms with Crippen molar-refractivity contribution in [2.24, 2.45) is 5.73 Å². The van der Waals surface area contributed by atoms with Crippen molar-refractivity contribution in [3.8, 4) is 0 Å². The van der Waals surface area contributed by atoms with Crippen LogP contribution in [0.3, 0.4) is 0 Å². The fourth-order valence-electron chi connectivity index (χ4n) is 2.13. The predicted molar refractivity (Wildman–Crippen MR) is 81.3 cm³/mol. The van der Waals surface area contributed by atoms with E-state index in [1.165, 1.54) is 9.58 Å². The van der Waals surface area contributed by atoms with E-state index in [0.29, 0.717) is 6.54 Å². The van der Waals surface area contributed by atoms with Gasteiger partial charge in [-0.05, 0) is 18.6 Å². The second-order valence-corrected chi connectivity index (χ2v) is 6.25. The van der Waals surface area contributed by atoms with Gasteiger partial charge in [-0.25, -0.2) is 4.79 Å². The molecule has 2 aromatic rings. The largest absolute Gasteiger partial charge is 0.490 e. The van der Waals surface area contributed by atoms with Gasteiger partial charge in [0.05, 0.1) is 12.6 Å². The zero-order chi connectivity index (χ0) is 17.9. The van der Waals surface area contributed by atoms with Crippen LogP contribution in [0, 0.1) is 0 Å². The molecular weight excluding hydrogens is 347 g/mol. The number of aliphatic carboxylic acids is 1. The molecule has 0 spiro atoms. The number of carboxylic acid groups (broad SMARTS) is 1. The van der Waals surface area contributed by atoms with Crippen LogP contribution in [-0.2, 0) is 16.1 Å². The Labute approximate surface area is 138 Å². The Morgan fingerprint density at radius 3 is 2.67 bits per heavy atom. The summed E-state index contributed by atoms with van der Waals surface area (Å²) in [7, 11) is 0. The second kappa shape index (κ2) is 7.14. The number of hydrogen-bond donors (Lipinski definition) is 2. The van der Waals surface area contributed by atoms with Crippen molar-refractivity contribution < 1.29 is 27.9 Å². The van der Waals surface area contributed by atoms with Crippen molar-refractivity contribution in [3.05, 3.63) is 29.4 Å². The van der Waals surface area contributed by atoms with Crippen molar-refractivity contribution in [1.29, 1.82) is 0 Å². The van der Waals surface area contributed by atoms with Gasteiger partial charge in [0.1, 0.15) is 0 Å². The van der Waals surface area contributed by atoms with Crippen LogP contribution in [0.2, 0.25) is 0 Å². The summed E-state index contributed by atoms with van der Waals surface area (Å²) in [4.78, 5) is 27.7. The molecule has 1 aliphatic rings. The molecule has 1 aliphatic heterocycles. The molecule has 10 heteroatoms. The van der Waals surface area contributed by atoms with Crippen molar-refractivity contribution in [3.63, 3.8) is 0 Å². The van der Waals surface area contributed by atoms with Gasteiger partial charge in [-0.2, -0.15) is 13.2 Å². The van der Waals surface area contributed by atoms with Gasteiger partial charge in [-0.1, -0.05) is 0 Å². The van der Waals surface area contributed by atoms with E-state index in [0.717, 1.165) is 18.4 Å². The van der Waals surface area contributed by atoms with Crippen LogP contribution in [-0.4, -0.2) is 45.6 Å². The van der Waals surface area contributed by atoms with Gasteiger partial charge in [0, 0.05) is 33.9 Å². The monoisotopic (exact) mass is 361 g/mol. The maximum atomic E-state index is 11.7. The lowest BCUT2D eigenvalue weighted by molar-refractivity contribution is -0.192. The van der Waals surface area contributed by atoms with Crippen LogP contribution in [0.25, 0.3) is 10.1 Å². The molecule has 6 nitrogen and oxygen atoms in total. The summed E-state index contributed by atoms with van der Waals surface area (Å²) < 4.78 is 32.9. The minimum absolute atomic E-state index is 0.0700. The molecule has 3 N–H and O–H groups in total. The smallest absolute Gasteiger partial charge is 0.475 e. The summed E-state index contributed by atoms with van der Waals surface area (Å²) in [5, 5.41) is 8.27. The molecule has 1 fully saturated rings. The normalized spacial score (nSPS) is 17.8. The average Bonchev–Trinajstić information content (AvgIpc) is 3.05. The number of amides is 1. The highest BCUT2D eigenvalue weighted by Crippen LogP contribution is 2.26. The molecule has 24 heavy (non-hydrogen) atoms. The molecule has 1 saturated heterocycles. The molecule has 1 amide bonds. The fraction of sp³-hybridized carbons (Fsp3) is 0.357. The first-order chi connectivity index (χ1) is 11.2. The number of carbonyl (C=O) groups excluding carboxylic acids is 1. The molecule has 3 rings (SSSR count). The number of likely N-dealkylation sites (tertiary alicyclic amines) is 1. The molecule has 0 aromatic carbocycles. The Morgan fingerprint density at radius 2 is 2.17 bits per heavy atom. The highest BCUT2D eigenvalue weighted by atomic mass is 32.1. The van der Waals surface area contributed by atoms with E-state index in [4.69, 9.17) is 15.6 Å². The molecule has 3 heterocycles. The first-order valence-electron chi connectivity index (χ1n) is 6.85. The second-order valence-electron chi connectivity index (χ2n) is 5.08. The Bertz CT molecular complexity index is 714. The number of fused-ring (bicyclic) bond motifs is 1. The Kier molecular flexibility index (Phi) is 5.40. The van der Waals surface area contributed by atoms with Crippen LogP contribution in [0.15, 0.2) is 24.5 Å². The van der Waals surface area contributed by atoms with E-state index in [9.17, 15) is 18.0 Å². The van der Waals surface area contributed by atoms with E-state index in [1.807, 2.05) is 17.2 Å². The third kappa shape index (κ3) is 4.42. The number of carbonyl (C=O) groups is 2. The Morgan fingerprint density at radius 1 is 1.50 bits per heavy atom. The fourth-order valence-corrected chi connectivity index (χ4v) is 3.17. The predicted octanol–water partition coefficient (Wildman–Crippen LogP) is 1.99. The number of alkyl halides is 3. The zero-order valence-corrected chi connectivity index (χ0v) is 13.1.